The molecule has 0 unspecified atom stereocenters. The topological polar surface area (TPSA) is 84.1 Å². The Morgan fingerprint density at radius 3 is 2.67 bits per heavy atom. The van der Waals surface area contributed by atoms with Crippen LogP contribution in [0.1, 0.15) is 31.1 Å². The number of amides is 2. The summed E-state index contributed by atoms with van der Waals surface area (Å²) in [4.78, 5) is 23.9. The van der Waals surface area contributed by atoms with Crippen LogP contribution in [-0.4, -0.2) is 27.8 Å². The van der Waals surface area contributed by atoms with Crippen LogP contribution in [0.5, 0.6) is 0 Å². The summed E-state index contributed by atoms with van der Waals surface area (Å²) in [5, 5.41) is 9.92. The third kappa shape index (κ3) is 3.94. The maximum absolute atomic E-state index is 12.2. The van der Waals surface area contributed by atoms with Crippen LogP contribution in [0, 0.1) is 3.70 Å². The predicted octanol–water partition coefficient (Wildman–Crippen LogP) is 3.59. The number of hydrogen-bond acceptors (Lipinski definition) is 4. The highest BCUT2D eigenvalue weighted by Crippen LogP contribution is 2.26. The van der Waals surface area contributed by atoms with Crippen molar-refractivity contribution in [3.63, 3.8) is 0 Å². The Bertz CT molecular complexity index is 721. The number of aromatic amines is 1. The minimum Gasteiger partial charge on any atom is -0.444 e. The summed E-state index contributed by atoms with van der Waals surface area (Å²) in [6, 6.07) is 3.46. The molecule has 112 valence electrons. The SMILES string of the molecule is CC(C)(C)OC(=O)NC(=O)c1cc(Br)cc2c(I)[nH]nc12. The van der Waals surface area contributed by atoms with Crippen LogP contribution in [0.4, 0.5) is 4.79 Å². The fourth-order valence-electron chi connectivity index (χ4n) is 1.69. The number of alkyl carbamates (subject to hydrolysis) is 1. The molecule has 0 aliphatic carbocycles. The van der Waals surface area contributed by atoms with Crippen molar-refractivity contribution in [1.82, 2.24) is 15.5 Å². The van der Waals surface area contributed by atoms with E-state index in [1.807, 2.05) is 6.07 Å². The van der Waals surface area contributed by atoms with Crippen molar-refractivity contribution < 1.29 is 14.3 Å². The zero-order valence-electron chi connectivity index (χ0n) is 11.6. The van der Waals surface area contributed by atoms with Crippen molar-refractivity contribution in [2.45, 2.75) is 26.4 Å². The van der Waals surface area contributed by atoms with Crippen LogP contribution in [0.15, 0.2) is 16.6 Å². The van der Waals surface area contributed by atoms with Crippen LogP contribution < -0.4 is 5.32 Å². The number of nitrogens with zero attached hydrogens (tertiary/aromatic N) is 1. The molecule has 21 heavy (non-hydrogen) atoms. The van der Waals surface area contributed by atoms with Gasteiger partial charge in [0.25, 0.3) is 5.91 Å². The summed E-state index contributed by atoms with van der Waals surface area (Å²) in [5.41, 5.74) is 0.131. The molecule has 0 saturated carbocycles. The average Bonchev–Trinajstić information content (AvgIpc) is 2.67. The van der Waals surface area contributed by atoms with Crippen LogP contribution in [0.3, 0.4) is 0 Å². The summed E-state index contributed by atoms with van der Waals surface area (Å²) >= 11 is 5.44. The Hall–Kier alpha value is -1.16. The predicted molar refractivity (Wildman–Crippen MR) is 90.2 cm³/mol. The van der Waals surface area contributed by atoms with E-state index in [9.17, 15) is 9.59 Å². The first-order valence-corrected chi connectivity index (χ1v) is 7.92. The maximum atomic E-state index is 12.2. The number of nitrogens with one attached hydrogen (secondary N) is 2. The van der Waals surface area contributed by atoms with Gasteiger partial charge in [-0.05, 0) is 55.5 Å². The lowest BCUT2D eigenvalue weighted by Crippen LogP contribution is -2.36. The lowest BCUT2D eigenvalue weighted by atomic mass is 10.1. The molecule has 0 spiro atoms. The molecule has 0 atom stereocenters. The molecule has 0 saturated heterocycles. The van der Waals surface area contributed by atoms with Crippen LogP contribution in [0.2, 0.25) is 0 Å². The molecule has 2 rings (SSSR count). The molecule has 1 heterocycles. The van der Waals surface area contributed by atoms with Gasteiger partial charge in [-0.25, -0.2) is 4.79 Å². The summed E-state index contributed by atoms with van der Waals surface area (Å²) in [5.74, 6) is -0.557. The number of halogens is 2. The number of ether oxygens (including phenoxy) is 1. The molecular formula is C13H13BrIN3O3. The Morgan fingerprint density at radius 2 is 2.05 bits per heavy atom. The van der Waals surface area contributed by atoms with Crippen molar-refractivity contribution >= 4 is 61.4 Å². The average molecular weight is 466 g/mol. The van der Waals surface area contributed by atoms with Gasteiger partial charge in [-0.2, -0.15) is 5.10 Å². The largest absolute Gasteiger partial charge is 0.444 e. The van der Waals surface area contributed by atoms with E-state index in [1.54, 1.807) is 26.8 Å². The first-order valence-electron chi connectivity index (χ1n) is 6.05. The molecular weight excluding hydrogens is 453 g/mol. The van der Waals surface area contributed by atoms with Gasteiger partial charge in [0, 0.05) is 9.86 Å². The van der Waals surface area contributed by atoms with Gasteiger partial charge in [0.2, 0.25) is 0 Å². The van der Waals surface area contributed by atoms with E-state index in [2.05, 4.69) is 54.0 Å². The fraction of sp³-hybridized carbons (Fsp3) is 0.308. The fourth-order valence-corrected chi connectivity index (χ4v) is 2.68. The zero-order chi connectivity index (χ0) is 15.8. The third-order valence-corrected chi connectivity index (χ3v) is 3.72. The van der Waals surface area contributed by atoms with Gasteiger partial charge >= 0.3 is 6.09 Å². The van der Waals surface area contributed by atoms with Crippen LogP contribution in [-0.2, 0) is 4.74 Å². The summed E-state index contributed by atoms with van der Waals surface area (Å²) in [6.07, 6.45) is -0.786. The summed E-state index contributed by atoms with van der Waals surface area (Å²) in [6.45, 7) is 5.18. The van der Waals surface area contributed by atoms with Gasteiger partial charge < -0.3 is 4.74 Å². The number of imide groups is 1. The van der Waals surface area contributed by atoms with Crippen molar-refractivity contribution in [3.8, 4) is 0 Å². The zero-order valence-corrected chi connectivity index (χ0v) is 15.3. The lowest BCUT2D eigenvalue weighted by molar-refractivity contribution is 0.0508. The molecule has 1 aromatic carbocycles. The monoisotopic (exact) mass is 465 g/mol. The van der Waals surface area contributed by atoms with Gasteiger partial charge in [0.1, 0.15) is 14.8 Å². The number of rotatable bonds is 1. The first-order chi connectivity index (χ1) is 9.67. The molecule has 8 heteroatoms. The van der Waals surface area contributed by atoms with Gasteiger partial charge in [-0.1, -0.05) is 15.9 Å². The van der Waals surface area contributed by atoms with E-state index in [1.165, 1.54) is 0 Å². The molecule has 0 aliphatic heterocycles. The molecule has 0 bridgehead atoms. The number of fused-ring (bicyclic) bond motifs is 1. The highest BCUT2D eigenvalue weighted by Gasteiger charge is 2.21. The molecule has 0 fully saturated rings. The van der Waals surface area contributed by atoms with E-state index >= 15 is 0 Å². The number of benzene rings is 1. The van der Waals surface area contributed by atoms with E-state index < -0.39 is 17.6 Å². The van der Waals surface area contributed by atoms with E-state index in [-0.39, 0.29) is 0 Å². The number of H-pyrrole nitrogens is 1. The Labute approximate surface area is 143 Å². The van der Waals surface area contributed by atoms with Crippen molar-refractivity contribution in [3.05, 3.63) is 25.9 Å². The number of hydrogen-bond donors (Lipinski definition) is 2. The second kappa shape index (κ2) is 5.91. The third-order valence-electron chi connectivity index (χ3n) is 2.44. The quantitative estimate of drug-likeness (QED) is 0.630. The second-order valence-corrected chi connectivity index (χ2v) is 7.34. The Balaban J connectivity index is 2.30. The molecule has 2 N–H and O–H groups in total. The number of carbonyl (C=O) groups excluding carboxylic acids is 2. The minimum atomic E-state index is -0.786. The molecule has 2 amide bonds. The molecule has 6 nitrogen and oxygen atoms in total. The smallest absolute Gasteiger partial charge is 0.414 e. The standard InChI is InChI=1S/C13H13BrIN3O3/c1-13(2,3)21-12(20)16-11(19)8-5-6(14)4-7-9(8)17-18-10(7)15/h4-5H,1-3H3,(H,17,18)(H,16,19,20). The summed E-state index contributed by atoms with van der Waals surface area (Å²) < 4.78 is 6.61. The molecule has 2 aromatic rings. The lowest BCUT2D eigenvalue weighted by Gasteiger charge is -2.19. The van der Waals surface area contributed by atoms with E-state index in [0.717, 1.165) is 13.6 Å². The molecule has 0 radical (unpaired) electrons. The molecule has 1 aromatic heterocycles. The Kier molecular flexibility index (Phi) is 4.57. The van der Waals surface area contributed by atoms with Crippen molar-refractivity contribution in [2.75, 3.05) is 0 Å². The van der Waals surface area contributed by atoms with Gasteiger partial charge in [-0.3, -0.25) is 15.2 Å². The van der Waals surface area contributed by atoms with Crippen molar-refractivity contribution in [2.24, 2.45) is 0 Å². The minimum absolute atomic E-state index is 0.296. The normalized spacial score (nSPS) is 11.5. The van der Waals surface area contributed by atoms with E-state index in [0.29, 0.717) is 11.1 Å². The number of carbonyl (C=O) groups is 2. The van der Waals surface area contributed by atoms with Gasteiger partial charge in [0.05, 0.1) is 5.56 Å². The molecule has 0 aliphatic rings. The van der Waals surface area contributed by atoms with Gasteiger partial charge in [0.15, 0.2) is 0 Å². The highest BCUT2D eigenvalue weighted by atomic mass is 127. The second-order valence-electron chi connectivity index (χ2n) is 5.34. The van der Waals surface area contributed by atoms with Crippen LogP contribution >= 0.6 is 38.5 Å². The van der Waals surface area contributed by atoms with E-state index in [4.69, 9.17) is 4.74 Å². The maximum Gasteiger partial charge on any atom is 0.414 e. The highest BCUT2D eigenvalue weighted by molar-refractivity contribution is 14.1. The number of aromatic nitrogens is 2. The summed E-state index contributed by atoms with van der Waals surface area (Å²) in [7, 11) is 0. The van der Waals surface area contributed by atoms with Crippen LogP contribution in [0.25, 0.3) is 10.9 Å². The first kappa shape index (κ1) is 16.2. The Morgan fingerprint density at radius 1 is 1.38 bits per heavy atom. The van der Waals surface area contributed by atoms with Crippen molar-refractivity contribution in [1.29, 1.82) is 0 Å². The van der Waals surface area contributed by atoms with Gasteiger partial charge in [-0.15, -0.1) is 0 Å².